The van der Waals surface area contributed by atoms with Crippen LogP contribution in [0.5, 0.6) is 0 Å². The van der Waals surface area contributed by atoms with Crippen molar-refractivity contribution in [3.63, 3.8) is 0 Å². The Kier molecular flexibility index (Phi) is 7.54. The first-order valence-corrected chi connectivity index (χ1v) is 9.43. The summed E-state index contributed by atoms with van der Waals surface area (Å²) in [5, 5.41) is 3.49. The summed E-state index contributed by atoms with van der Waals surface area (Å²) in [6, 6.07) is 16.7. The molecule has 1 heterocycles. The predicted molar refractivity (Wildman–Crippen MR) is 116 cm³/mol. The van der Waals surface area contributed by atoms with Gasteiger partial charge in [0.2, 0.25) is 0 Å². The van der Waals surface area contributed by atoms with Gasteiger partial charge in [-0.15, -0.1) is 24.8 Å². The highest BCUT2D eigenvalue weighted by Crippen LogP contribution is 2.39. The first kappa shape index (κ1) is 21.2. The topological polar surface area (TPSA) is 15.3 Å². The molecule has 2 aliphatic rings. The molecule has 1 unspecified atom stereocenters. The Morgan fingerprint density at radius 3 is 2.38 bits per heavy atom. The van der Waals surface area contributed by atoms with Gasteiger partial charge in [0.15, 0.2) is 0 Å². The number of hydrogen-bond donors (Lipinski definition) is 1. The molecule has 1 N–H and O–H groups in total. The zero-order chi connectivity index (χ0) is 16.5. The Morgan fingerprint density at radius 2 is 1.65 bits per heavy atom. The summed E-state index contributed by atoms with van der Waals surface area (Å²) < 4.78 is 0. The lowest BCUT2D eigenvalue weighted by Gasteiger charge is -2.38. The third kappa shape index (κ3) is 3.94. The number of benzene rings is 2. The van der Waals surface area contributed by atoms with Gasteiger partial charge in [-0.1, -0.05) is 62.7 Å². The van der Waals surface area contributed by atoms with Crippen molar-refractivity contribution in [1.82, 2.24) is 10.2 Å². The molecule has 2 nitrogen and oxygen atoms in total. The van der Waals surface area contributed by atoms with Crippen LogP contribution in [-0.2, 0) is 6.42 Å². The van der Waals surface area contributed by atoms with E-state index >= 15 is 0 Å². The molecule has 2 atom stereocenters. The molecule has 1 aliphatic carbocycles. The van der Waals surface area contributed by atoms with Crippen LogP contribution in [0.4, 0.5) is 0 Å². The summed E-state index contributed by atoms with van der Waals surface area (Å²) in [5.41, 5.74) is 7.38. The van der Waals surface area contributed by atoms with Gasteiger partial charge < -0.3 is 5.32 Å². The molecular formula is C22H30Cl2N2. The summed E-state index contributed by atoms with van der Waals surface area (Å²) >= 11 is 0. The van der Waals surface area contributed by atoms with Crippen LogP contribution in [0.3, 0.4) is 0 Å². The third-order valence-electron chi connectivity index (χ3n) is 5.89. The van der Waals surface area contributed by atoms with Gasteiger partial charge >= 0.3 is 0 Å². The smallest absolute Gasteiger partial charge is 0.0374 e. The second-order valence-electron chi connectivity index (χ2n) is 7.37. The number of nitrogens with zero attached hydrogens (tertiary/aromatic N) is 1. The quantitative estimate of drug-likeness (QED) is 0.664. The largest absolute Gasteiger partial charge is 0.314 e. The maximum atomic E-state index is 3.49. The fraction of sp³-hybridized carbons (Fsp3) is 0.455. The van der Waals surface area contributed by atoms with Crippen LogP contribution in [0.15, 0.2) is 42.5 Å². The average Bonchev–Trinajstić information content (AvgIpc) is 3.00. The van der Waals surface area contributed by atoms with E-state index in [4.69, 9.17) is 0 Å². The van der Waals surface area contributed by atoms with E-state index in [1.165, 1.54) is 34.2 Å². The molecule has 0 saturated carbocycles. The van der Waals surface area contributed by atoms with Gasteiger partial charge in [-0.05, 0) is 40.2 Å². The van der Waals surface area contributed by atoms with Crippen molar-refractivity contribution in [3.05, 3.63) is 59.2 Å². The van der Waals surface area contributed by atoms with E-state index in [1.807, 2.05) is 0 Å². The average molecular weight is 393 g/mol. The van der Waals surface area contributed by atoms with E-state index in [2.05, 4.69) is 66.5 Å². The lowest BCUT2D eigenvalue weighted by atomic mass is 9.88. The van der Waals surface area contributed by atoms with Crippen molar-refractivity contribution in [3.8, 4) is 11.1 Å². The SMILES string of the molecule is CCC(C)[C@@H](c1ccc2c(c1)Cc1ccccc1-2)N1CCNCC1.Cl.Cl. The van der Waals surface area contributed by atoms with Crippen molar-refractivity contribution < 1.29 is 0 Å². The minimum absolute atomic E-state index is 0. The number of hydrogen-bond acceptors (Lipinski definition) is 2. The summed E-state index contributed by atoms with van der Waals surface area (Å²) in [6.45, 7) is 9.28. The molecule has 0 aromatic heterocycles. The standard InChI is InChI=1S/C22H28N2.2ClH/c1-3-16(2)22(24-12-10-23-11-13-24)18-8-9-21-19(15-18)14-17-6-4-5-7-20(17)21;;/h4-9,15-16,22-23H,3,10-14H2,1-2H3;2*1H/t16?,22-;;/m0../s1. The maximum absolute atomic E-state index is 3.49. The van der Waals surface area contributed by atoms with E-state index in [1.54, 1.807) is 0 Å². The summed E-state index contributed by atoms with van der Waals surface area (Å²) in [7, 11) is 0. The molecular weight excluding hydrogens is 363 g/mol. The van der Waals surface area contributed by atoms with Crippen LogP contribution in [-0.4, -0.2) is 31.1 Å². The van der Waals surface area contributed by atoms with E-state index in [9.17, 15) is 0 Å². The fourth-order valence-electron chi connectivity index (χ4n) is 4.43. The van der Waals surface area contributed by atoms with Crippen LogP contribution in [0.25, 0.3) is 11.1 Å². The summed E-state index contributed by atoms with van der Waals surface area (Å²) in [5.74, 6) is 0.685. The number of piperazine rings is 1. The molecule has 2 aromatic rings. The van der Waals surface area contributed by atoms with Crippen molar-refractivity contribution >= 4 is 24.8 Å². The number of rotatable bonds is 4. The lowest BCUT2D eigenvalue weighted by Crippen LogP contribution is -2.46. The number of nitrogens with one attached hydrogen (secondary N) is 1. The van der Waals surface area contributed by atoms with Crippen molar-refractivity contribution in [1.29, 1.82) is 0 Å². The van der Waals surface area contributed by atoms with Gasteiger partial charge in [0, 0.05) is 32.2 Å². The lowest BCUT2D eigenvalue weighted by molar-refractivity contribution is 0.128. The molecule has 4 heteroatoms. The van der Waals surface area contributed by atoms with Crippen molar-refractivity contribution in [2.75, 3.05) is 26.2 Å². The molecule has 0 amide bonds. The second kappa shape index (κ2) is 9.23. The molecule has 0 spiro atoms. The highest BCUT2D eigenvalue weighted by atomic mass is 35.5. The van der Waals surface area contributed by atoms with Gasteiger partial charge in [-0.25, -0.2) is 0 Å². The second-order valence-corrected chi connectivity index (χ2v) is 7.37. The predicted octanol–water partition coefficient (Wildman–Crippen LogP) is 5.09. The van der Waals surface area contributed by atoms with E-state index < -0.39 is 0 Å². The fourth-order valence-corrected chi connectivity index (χ4v) is 4.43. The van der Waals surface area contributed by atoms with Crippen LogP contribution < -0.4 is 5.32 Å². The highest BCUT2D eigenvalue weighted by Gasteiger charge is 2.28. The Labute approximate surface area is 170 Å². The number of fused-ring (bicyclic) bond motifs is 3. The zero-order valence-electron chi connectivity index (χ0n) is 15.7. The molecule has 1 saturated heterocycles. The van der Waals surface area contributed by atoms with E-state index in [-0.39, 0.29) is 24.8 Å². The Bertz CT molecular complexity index is 726. The van der Waals surface area contributed by atoms with Crippen molar-refractivity contribution in [2.45, 2.75) is 32.7 Å². The highest BCUT2D eigenvalue weighted by molar-refractivity contribution is 5.85. The van der Waals surface area contributed by atoms with E-state index in [0.717, 1.165) is 32.6 Å². The van der Waals surface area contributed by atoms with Crippen LogP contribution in [0, 0.1) is 5.92 Å². The molecule has 0 bridgehead atoms. The Morgan fingerprint density at radius 1 is 0.962 bits per heavy atom. The molecule has 4 rings (SSSR count). The molecule has 142 valence electrons. The van der Waals surface area contributed by atoms with E-state index in [0.29, 0.717) is 12.0 Å². The van der Waals surface area contributed by atoms with Gasteiger partial charge in [0.1, 0.15) is 0 Å². The van der Waals surface area contributed by atoms with Crippen LogP contribution >= 0.6 is 24.8 Å². The Hall–Kier alpha value is -1.06. The van der Waals surface area contributed by atoms with Crippen LogP contribution in [0.1, 0.15) is 43.0 Å². The normalized spacial score (nSPS) is 18.1. The molecule has 1 aliphatic heterocycles. The van der Waals surface area contributed by atoms with Gasteiger partial charge in [-0.2, -0.15) is 0 Å². The van der Waals surface area contributed by atoms with Gasteiger partial charge in [0.25, 0.3) is 0 Å². The van der Waals surface area contributed by atoms with Gasteiger partial charge in [-0.3, -0.25) is 4.90 Å². The molecule has 1 fully saturated rings. The third-order valence-corrected chi connectivity index (χ3v) is 5.89. The van der Waals surface area contributed by atoms with Crippen LogP contribution in [0.2, 0.25) is 0 Å². The zero-order valence-corrected chi connectivity index (χ0v) is 17.3. The maximum Gasteiger partial charge on any atom is 0.0374 e. The monoisotopic (exact) mass is 392 g/mol. The first-order chi connectivity index (χ1) is 11.8. The van der Waals surface area contributed by atoms with Crippen molar-refractivity contribution in [2.24, 2.45) is 5.92 Å². The van der Waals surface area contributed by atoms with Gasteiger partial charge in [0.05, 0.1) is 0 Å². The molecule has 26 heavy (non-hydrogen) atoms. The Balaban J connectivity index is 0.00000121. The molecule has 0 radical (unpaired) electrons. The molecule has 2 aromatic carbocycles. The minimum atomic E-state index is 0. The summed E-state index contributed by atoms with van der Waals surface area (Å²) in [4.78, 5) is 2.69. The minimum Gasteiger partial charge on any atom is -0.314 e. The first-order valence-electron chi connectivity index (χ1n) is 9.43. The number of halogens is 2. The summed E-state index contributed by atoms with van der Waals surface area (Å²) in [6.07, 6.45) is 2.32.